The summed E-state index contributed by atoms with van der Waals surface area (Å²) in [4.78, 5) is 11.2. The van der Waals surface area contributed by atoms with E-state index in [1.54, 1.807) is 6.92 Å². The molecule has 4 nitrogen and oxygen atoms in total. The zero-order chi connectivity index (χ0) is 10.0. The van der Waals surface area contributed by atoms with Gasteiger partial charge in [-0.25, -0.2) is 4.79 Å². The van der Waals surface area contributed by atoms with E-state index >= 15 is 0 Å². The third kappa shape index (κ3) is 1.86. The lowest BCUT2D eigenvalue weighted by molar-refractivity contribution is 0.0599. The first-order chi connectivity index (χ1) is 6.06. The zero-order valence-electron chi connectivity index (χ0n) is 7.29. The third-order valence-electron chi connectivity index (χ3n) is 1.57. The van der Waals surface area contributed by atoms with Crippen LogP contribution in [0.15, 0.2) is 10.5 Å². The average molecular weight is 199 g/mol. The highest BCUT2D eigenvalue weighted by Crippen LogP contribution is 2.15. The highest BCUT2D eigenvalue weighted by atomic mass is 32.1. The Kier molecular flexibility index (Phi) is 2.67. The second-order valence-electron chi connectivity index (χ2n) is 2.44. The Hall–Kier alpha value is -1.36. The van der Waals surface area contributed by atoms with Crippen LogP contribution in [0.5, 0.6) is 0 Å². The molecule has 0 aliphatic rings. The maximum absolute atomic E-state index is 11.1. The highest BCUT2D eigenvalue weighted by Gasteiger charge is 2.15. The number of hydrogen-bond donors (Lipinski definition) is 1. The number of methoxy groups -OCH3 is 1. The van der Waals surface area contributed by atoms with E-state index in [9.17, 15) is 4.79 Å². The summed E-state index contributed by atoms with van der Waals surface area (Å²) in [6, 6.07) is 1.48. The van der Waals surface area contributed by atoms with Crippen molar-refractivity contribution in [1.29, 1.82) is 0 Å². The van der Waals surface area contributed by atoms with Crippen LogP contribution in [0.2, 0.25) is 0 Å². The average Bonchev–Trinajstić information content (AvgIpc) is 2.46. The lowest BCUT2D eigenvalue weighted by Gasteiger charge is -1.93. The number of ether oxygens (including phenoxy) is 1. The van der Waals surface area contributed by atoms with Gasteiger partial charge in [-0.1, -0.05) is 12.2 Å². The van der Waals surface area contributed by atoms with Crippen molar-refractivity contribution in [3.05, 3.63) is 23.2 Å². The highest BCUT2D eigenvalue weighted by molar-refractivity contribution is 7.80. The van der Waals surface area contributed by atoms with Gasteiger partial charge in [0.2, 0.25) is 0 Å². The molecule has 70 valence electrons. The molecule has 1 heterocycles. The molecule has 0 aromatic carbocycles. The molecule has 0 radical (unpaired) electrons. The van der Waals surface area contributed by atoms with Gasteiger partial charge in [-0.3, -0.25) is 0 Å². The molecule has 5 heteroatoms. The van der Waals surface area contributed by atoms with Gasteiger partial charge in [0, 0.05) is 6.07 Å². The summed E-state index contributed by atoms with van der Waals surface area (Å²) in [5.41, 5.74) is 5.68. The van der Waals surface area contributed by atoms with Crippen LogP contribution < -0.4 is 5.73 Å². The minimum atomic E-state index is -0.455. The Morgan fingerprint density at radius 3 is 2.69 bits per heavy atom. The third-order valence-corrected chi connectivity index (χ3v) is 1.77. The molecule has 0 saturated carbocycles. The number of rotatable bonds is 2. The van der Waals surface area contributed by atoms with Crippen LogP contribution in [0.4, 0.5) is 0 Å². The number of esters is 1. The number of furan rings is 1. The molecule has 2 N–H and O–H groups in total. The predicted molar refractivity (Wildman–Crippen MR) is 50.7 cm³/mol. The van der Waals surface area contributed by atoms with E-state index in [1.807, 2.05) is 0 Å². The Morgan fingerprint density at radius 1 is 1.69 bits per heavy atom. The van der Waals surface area contributed by atoms with Crippen molar-refractivity contribution in [3.63, 3.8) is 0 Å². The van der Waals surface area contributed by atoms with Crippen molar-refractivity contribution in [2.45, 2.75) is 6.92 Å². The number of thiocarbonyl (C=S) groups is 1. The second-order valence-corrected chi connectivity index (χ2v) is 2.88. The largest absolute Gasteiger partial charge is 0.465 e. The van der Waals surface area contributed by atoms with Crippen LogP contribution in [0.3, 0.4) is 0 Å². The number of nitrogens with two attached hydrogens (primary N) is 1. The Morgan fingerprint density at radius 2 is 2.31 bits per heavy atom. The fourth-order valence-corrected chi connectivity index (χ4v) is 1.02. The fourth-order valence-electron chi connectivity index (χ4n) is 0.916. The molecule has 0 fully saturated rings. The lowest BCUT2D eigenvalue weighted by atomic mass is 10.2. The molecule has 1 rings (SSSR count). The first kappa shape index (κ1) is 9.73. The van der Waals surface area contributed by atoms with Gasteiger partial charge in [-0.2, -0.15) is 0 Å². The van der Waals surface area contributed by atoms with Crippen molar-refractivity contribution < 1.29 is 13.9 Å². The molecule has 1 aromatic rings. The first-order valence-electron chi connectivity index (χ1n) is 3.54. The van der Waals surface area contributed by atoms with Gasteiger partial charge in [0.25, 0.3) is 0 Å². The molecule has 0 saturated heterocycles. The van der Waals surface area contributed by atoms with Crippen LogP contribution in [-0.4, -0.2) is 18.1 Å². The summed E-state index contributed by atoms with van der Waals surface area (Å²) in [5, 5.41) is 0. The minimum absolute atomic E-state index is 0.123. The fraction of sp³-hybridized carbons (Fsp3) is 0.250. The lowest BCUT2D eigenvalue weighted by Crippen LogP contribution is -2.07. The van der Waals surface area contributed by atoms with Gasteiger partial charge in [-0.15, -0.1) is 0 Å². The quantitative estimate of drug-likeness (QED) is 0.568. The van der Waals surface area contributed by atoms with Gasteiger partial charge in [0.05, 0.1) is 7.11 Å². The summed E-state index contributed by atoms with van der Waals surface area (Å²) >= 11 is 4.69. The molecule has 0 amide bonds. The number of aryl methyl sites for hydroxylation is 1. The van der Waals surface area contributed by atoms with Gasteiger partial charge >= 0.3 is 5.97 Å². The Bertz CT molecular complexity index is 356. The van der Waals surface area contributed by atoms with Crippen LogP contribution in [0.1, 0.15) is 21.9 Å². The smallest absolute Gasteiger partial charge is 0.341 e. The van der Waals surface area contributed by atoms with Crippen molar-refractivity contribution >= 4 is 23.2 Å². The second kappa shape index (κ2) is 3.57. The first-order valence-corrected chi connectivity index (χ1v) is 3.95. The zero-order valence-corrected chi connectivity index (χ0v) is 8.10. The molecule has 0 unspecified atom stereocenters. The van der Waals surface area contributed by atoms with Gasteiger partial charge in [-0.05, 0) is 6.92 Å². The van der Waals surface area contributed by atoms with Crippen molar-refractivity contribution in [3.8, 4) is 0 Å². The van der Waals surface area contributed by atoms with E-state index < -0.39 is 5.97 Å². The number of carbonyl (C=O) groups is 1. The summed E-state index contributed by atoms with van der Waals surface area (Å²) < 4.78 is 9.66. The van der Waals surface area contributed by atoms with E-state index in [0.717, 1.165) is 0 Å². The number of carbonyl (C=O) groups excluding carboxylic acids is 1. The maximum atomic E-state index is 11.1. The van der Waals surface area contributed by atoms with Gasteiger partial charge in [0.15, 0.2) is 5.76 Å². The predicted octanol–water partition coefficient (Wildman–Crippen LogP) is 1.01. The van der Waals surface area contributed by atoms with E-state index in [-0.39, 0.29) is 4.99 Å². The van der Waals surface area contributed by atoms with E-state index in [2.05, 4.69) is 17.0 Å². The molecular formula is C8H9NO3S. The van der Waals surface area contributed by atoms with Crippen LogP contribution >= 0.6 is 12.2 Å². The van der Waals surface area contributed by atoms with Crippen molar-refractivity contribution in [2.24, 2.45) is 5.73 Å². The normalized spacial score (nSPS) is 9.69. The molecule has 0 bridgehead atoms. The van der Waals surface area contributed by atoms with Crippen LogP contribution in [-0.2, 0) is 4.74 Å². The summed E-state index contributed by atoms with van der Waals surface area (Å²) in [6.07, 6.45) is 0. The minimum Gasteiger partial charge on any atom is -0.465 e. The van der Waals surface area contributed by atoms with E-state index in [0.29, 0.717) is 17.1 Å². The maximum Gasteiger partial charge on any atom is 0.341 e. The molecule has 0 atom stereocenters. The van der Waals surface area contributed by atoms with E-state index in [1.165, 1.54) is 13.2 Å². The van der Waals surface area contributed by atoms with Crippen LogP contribution in [0.25, 0.3) is 0 Å². The van der Waals surface area contributed by atoms with E-state index in [4.69, 9.17) is 10.2 Å². The summed E-state index contributed by atoms with van der Waals surface area (Å²) in [7, 11) is 1.30. The van der Waals surface area contributed by atoms with Crippen molar-refractivity contribution in [2.75, 3.05) is 7.11 Å². The molecule has 0 spiro atoms. The molecule has 0 aliphatic heterocycles. The SMILES string of the molecule is COC(=O)c1cc(C(N)=S)oc1C. The van der Waals surface area contributed by atoms with Gasteiger partial charge < -0.3 is 14.9 Å². The van der Waals surface area contributed by atoms with Gasteiger partial charge in [0.1, 0.15) is 16.3 Å². The standard InChI is InChI=1S/C8H9NO3S/c1-4-5(8(10)11-2)3-6(12-4)7(9)13/h3H,1-2H3,(H2,9,13). The van der Waals surface area contributed by atoms with Crippen molar-refractivity contribution in [1.82, 2.24) is 0 Å². The monoisotopic (exact) mass is 199 g/mol. The topological polar surface area (TPSA) is 65.5 Å². The molecule has 13 heavy (non-hydrogen) atoms. The summed E-state index contributed by atoms with van der Waals surface area (Å²) in [6.45, 7) is 1.65. The molecule has 0 aliphatic carbocycles. The number of hydrogen-bond acceptors (Lipinski definition) is 4. The Labute approximate surface area is 80.7 Å². The Balaban J connectivity index is 3.10. The molecular weight excluding hydrogens is 190 g/mol. The molecule has 1 aromatic heterocycles. The van der Waals surface area contributed by atoms with Crippen LogP contribution in [0, 0.1) is 6.92 Å². The summed E-state index contributed by atoms with van der Waals surface area (Å²) in [5.74, 6) is 0.325.